The van der Waals surface area contributed by atoms with Gasteiger partial charge in [0.25, 0.3) is 5.91 Å². The van der Waals surface area contributed by atoms with Crippen LogP contribution in [0.25, 0.3) is 0 Å². The number of benzene rings is 2. The van der Waals surface area contributed by atoms with E-state index in [4.69, 9.17) is 4.74 Å². The molecule has 0 aromatic heterocycles. The summed E-state index contributed by atoms with van der Waals surface area (Å²) in [6, 6.07) is 15.9. The van der Waals surface area contributed by atoms with Crippen molar-refractivity contribution in [1.82, 2.24) is 5.32 Å². The number of nitrogens with zero attached hydrogens (tertiary/aromatic N) is 1. The minimum absolute atomic E-state index is 0.0307. The number of nitrogens with one attached hydrogen (secondary N) is 1. The first kappa shape index (κ1) is 16.9. The van der Waals surface area contributed by atoms with Gasteiger partial charge < -0.3 is 15.0 Å². The summed E-state index contributed by atoms with van der Waals surface area (Å²) < 4.78 is 5.53. The molecule has 0 saturated carbocycles. The summed E-state index contributed by atoms with van der Waals surface area (Å²) in [6.07, 6.45) is 0.951. The quantitative estimate of drug-likeness (QED) is 0.854. The molecule has 0 aliphatic carbocycles. The number of carbonyl (C=O) groups is 1. The van der Waals surface area contributed by atoms with Gasteiger partial charge in [-0.25, -0.2) is 0 Å². The van der Waals surface area contributed by atoms with Gasteiger partial charge in [-0.2, -0.15) is 0 Å². The van der Waals surface area contributed by atoms with Crippen molar-refractivity contribution in [3.63, 3.8) is 0 Å². The maximum atomic E-state index is 11.9. The van der Waals surface area contributed by atoms with Crippen LogP contribution in [0, 0.1) is 0 Å². The number of amides is 1. The SMILES string of the molecule is CCc1cccc(OCC(=O)NCc2ccc(N(C)C)cc2)c1. The molecule has 0 atom stereocenters. The molecule has 23 heavy (non-hydrogen) atoms. The summed E-state index contributed by atoms with van der Waals surface area (Å²) in [4.78, 5) is 13.9. The van der Waals surface area contributed by atoms with E-state index in [1.807, 2.05) is 67.5 Å². The highest BCUT2D eigenvalue weighted by Crippen LogP contribution is 2.14. The van der Waals surface area contributed by atoms with E-state index in [-0.39, 0.29) is 12.5 Å². The Kier molecular flexibility index (Phi) is 6.03. The Labute approximate surface area is 138 Å². The van der Waals surface area contributed by atoms with Gasteiger partial charge in [0.2, 0.25) is 0 Å². The molecule has 0 radical (unpaired) electrons. The molecule has 2 aromatic rings. The molecule has 0 heterocycles. The molecular formula is C19H24N2O2. The van der Waals surface area contributed by atoms with Crippen LogP contribution in [-0.2, 0) is 17.8 Å². The fraction of sp³-hybridized carbons (Fsp3) is 0.316. The number of hydrogen-bond acceptors (Lipinski definition) is 3. The van der Waals surface area contributed by atoms with Crippen molar-refractivity contribution < 1.29 is 9.53 Å². The highest BCUT2D eigenvalue weighted by molar-refractivity contribution is 5.77. The molecule has 1 N–H and O–H groups in total. The average molecular weight is 312 g/mol. The zero-order valence-electron chi connectivity index (χ0n) is 14.0. The first-order valence-corrected chi connectivity index (χ1v) is 7.83. The van der Waals surface area contributed by atoms with Gasteiger partial charge >= 0.3 is 0 Å². The van der Waals surface area contributed by atoms with E-state index >= 15 is 0 Å². The fourth-order valence-corrected chi connectivity index (χ4v) is 2.17. The number of rotatable bonds is 7. The Hall–Kier alpha value is -2.49. The third-order valence-electron chi connectivity index (χ3n) is 3.62. The van der Waals surface area contributed by atoms with Gasteiger partial charge in [-0.3, -0.25) is 4.79 Å². The van der Waals surface area contributed by atoms with Crippen LogP contribution in [-0.4, -0.2) is 26.6 Å². The van der Waals surface area contributed by atoms with Crippen LogP contribution in [0.2, 0.25) is 0 Å². The van der Waals surface area contributed by atoms with Crippen molar-refractivity contribution in [2.45, 2.75) is 19.9 Å². The monoisotopic (exact) mass is 312 g/mol. The molecule has 2 rings (SSSR count). The highest BCUT2D eigenvalue weighted by Gasteiger charge is 2.04. The molecule has 4 nitrogen and oxygen atoms in total. The Morgan fingerprint density at radius 1 is 1.09 bits per heavy atom. The molecule has 0 aliphatic rings. The largest absolute Gasteiger partial charge is 0.484 e. The van der Waals surface area contributed by atoms with Crippen LogP contribution < -0.4 is 15.0 Å². The molecule has 0 fully saturated rings. The van der Waals surface area contributed by atoms with Crippen LogP contribution in [0.3, 0.4) is 0 Å². The van der Waals surface area contributed by atoms with Crippen molar-refractivity contribution in [3.8, 4) is 5.75 Å². The molecule has 0 unspecified atom stereocenters. The van der Waals surface area contributed by atoms with E-state index in [9.17, 15) is 4.79 Å². The zero-order chi connectivity index (χ0) is 16.7. The Morgan fingerprint density at radius 2 is 1.83 bits per heavy atom. The van der Waals surface area contributed by atoms with Gasteiger partial charge in [-0.1, -0.05) is 31.2 Å². The van der Waals surface area contributed by atoms with Gasteiger partial charge in [0.1, 0.15) is 5.75 Å². The standard InChI is InChI=1S/C19H24N2O2/c1-4-15-6-5-7-18(12-15)23-14-19(22)20-13-16-8-10-17(11-9-16)21(2)3/h5-12H,4,13-14H2,1-3H3,(H,20,22). The van der Waals surface area contributed by atoms with Crippen molar-refractivity contribution in [2.75, 3.05) is 25.6 Å². The van der Waals surface area contributed by atoms with E-state index in [0.29, 0.717) is 6.54 Å². The van der Waals surface area contributed by atoms with Gasteiger partial charge in [0.05, 0.1) is 0 Å². The molecule has 1 amide bonds. The van der Waals surface area contributed by atoms with Crippen LogP contribution >= 0.6 is 0 Å². The number of aryl methyl sites for hydroxylation is 1. The lowest BCUT2D eigenvalue weighted by Gasteiger charge is -2.13. The third-order valence-corrected chi connectivity index (χ3v) is 3.62. The van der Waals surface area contributed by atoms with E-state index in [0.717, 1.165) is 23.4 Å². The van der Waals surface area contributed by atoms with Gasteiger partial charge in [0, 0.05) is 26.3 Å². The highest BCUT2D eigenvalue weighted by atomic mass is 16.5. The first-order chi connectivity index (χ1) is 11.1. The summed E-state index contributed by atoms with van der Waals surface area (Å²) >= 11 is 0. The maximum absolute atomic E-state index is 11.9. The van der Waals surface area contributed by atoms with E-state index in [1.165, 1.54) is 5.56 Å². The van der Waals surface area contributed by atoms with Crippen LogP contribution in [0.4, 0.5) is 5.69 Å². The molecule has 0 saturated heterocycles. The first-order valence-electron chi connectivity index (χ1n) is 7.83. The summed E-state index contributed by atoms with van der Waals surface area (Å²) in [5, 5.41) is 2.87. The van der Waals surface area contributed by atoms with Crippen molar-refractivity contribution in [1.29, 1.82) is 0 Å². The van der Waals surface area contributed by atoms with Gasteiger partial charge in [-0.15, -0.1) is 0 Å². The molecular weight excluding hydrogens is 288 g/mol. The minimum atomic E-state index is -0.122. The normalized spacial score (nSPS) is 10.2. The smallest absolute Gasteiger partial charge is 0.258 e. The Bertz CT molecular complexity index is 636. The van der Waals surface area contributed by atoms with E-state index in [1.54, 1.807) is 0 Å². The number of hydrogen-bond donors (Lipinski definition) is 1. The van der Waals surface area contributed by atoms with Crippen LogP contribution in [0.15, 0.2) is 48.5 Å². The fourth-order valence-electron chi connectivity index (χ4n) is 2.17. The molecule has 0 spiro atoms. The third kappa shape index (κ3) is 5.33. The second-order valence-electron chi connectivity index (χ2n) is 5.63. The topological polar surface area (TPSA) is 41.6 Å². The Morgan fingerprint density at radius 3 is 2.48 bits per heavy atom. The van der Waals surface area contributed by atoms with Crippen molar-refractivity contribution >= 4 is 11.6 Å². The summed E-state index contributed by atoms with van der Waals surface area (Å²) in [7, 11) is 4.00. The lowest BCUT2D eigenvalue weighted by Crippen LogP contribution is -2.28. The summed E-state index contributed by atoms with van der Waals surface area (Å²) in [5.74, 6) is 0.610. The Balaban J connectivity index is 1.78. The van der Waals surface area contributed by atoms with Crippen molar-refractivity contribution in [2.24, 2.45) is 0 Å². The van der Waals surface area contributed by atoms with Crippen LogP contribution in [0.5, 0.6) is 5.75 Å². The lowest BCUT2D eigenvalue weighted by molar-refractivity contribution is -0.123. The lowest BCUT2D eigenvalue weighted by atomic mass is 10.2. The van der Waals surface area contributed by atoms with Gasteiger partial charge in [0.15, 0.2) is 6.61 Å². The minimum Gasteiger partial charge on any atom is -0.484 e. The predicted octanol–water partition coefficient (Wildman–Crippen LogP) is 3.01. The summed E-state index contributed by atoms with van der Waals surface area (Å²) in [5.41, 5.74) is 3.40. The van der Waals surface area contributed by atoms with Crippen LogP contribution in [0.1, 0.15) is 18.1 Å². The van der Waals surface area contributed by atoms with E-state index < -0.39 is 0 Å². The molecule has 0 aliphatic heterocycles. The number of ether oxygens (including phenoxy) is 1. The van der Waals surface area contributed by atoms with Crippen molar-refractivity contribution in [3.05, 3.63) is 59.7 Å². The molecule has 0 bridgehead atoms. The molecule has 4 heteroatoms. The molecule has 122 valence electrons. The van der Waals surface area contributed by atoms with Gasteiger partial charge in [-0.05, 0) is 41.8 Å². The maximum Gasteiger partial charge on any atom is 0.258 e. The number of carbonyl (C=O) groups excluding carboxylic acids is 1. The number of anilines is 1. The average Bonchev–Trinajstić information content (AvgIpc) is 2.58. The van der Waals surface area contributed by atoms with E-state index in [2.05, 4.69) is 12.2 Å². The second kappa shape index (κ2) is 8.22. The predicted molar refractivity (Wildman–Crippen MR) is 93.9 cm³/mol. The second-order valence-corrected chi connectivity index (χ2v) is 5.63. The molecule has 2 aromatic carbocycles. The zero-order valence-corrected chi connectivity index (χ0v) is 14.0. The summed E-state index contributed by atoms with van der Waals surface area (Å²) in [6.45, 7) is 2.63.